The maximum Gasteiger partial charge on any atom is 0.319 e. The molecule has 1 fully saturated rings. The number of amides is 2. The molecule has 0 saturated heterocycles. The van der Waals surface area contributed by atoms with Crippen LogP contribution in [-0.4, -0.2) is 32.4 Å². The topological polar surface area (TPSA) is 59.6 Å². The third-order valence-corrected chi connectivity index (χ3v) is 3.78. The van der Waals surface area contributed by atoms with Gasteiger partial charge in [-0.25, -0.2) is 13.6 Å². The highest BCUT2D eigenvalue weighted by atomic mass is 19.1. The van der Waals surface area contributed by atoms with Gasteiger partial charge in [0.1, 0.15) is 0 Å². The predicted molar refractivity (Wildman–Crippen MR) is 78.1 cm³/mol. The van der Waals surface area contributed by atoms with Gasteiger partial charge in [-0.15, -0.1) is 0 Å². The first-order chi connectivity index (χ1) is 10.5. The van der Waals surface area contributed by atoms with Gasteiger partial charge < -0.3 is 20.1 Å². The van der Waals surface area contributed by atoms with E-state index in [1.54, 1.807) is 7.11 Å². The minimum absolute atomic E-state index is 0.0260. The quantitative estimate of drug-likeness (QED) is 0.898. The standard InChI is InChI=1S/C15H20F2N2O3/c1-21-13-6-4-3-5-12(13)19-15(20)18-9-7-10(16)14(22-2)11(17)8-9/h7-8,12-13H,3-6H2,1-2H3,(H2,18,19,20)/t12-,13-/m1/s1. The molecular formula is C15H20F2N2O3. The molecule has 0 unspecified atom stereocenters. The minimum Gasteiger partial charge on any atom is -0.491 e. The molecule has 5 nitrogen and oxygen atoms in total. The van der Waals surface area contributed by atoms with Crippen LogP contribution in [0.25, 0.3) is 0 Å². The van der Waals surface area contributed by atoms with E-state index < -0.39 is 23.4 Å². The summed E-state index contributed by atoms with van der Waals surface area (Å²) in [5.74, 6) is -2.21. The van der Waals surface area contributed by atoms with E-state index in [2.05, 4.69) is 15.4 Å². The van der Waals surface area contributed by atoms with Gasteiger partial charge in [0, 0.05) is 24.9 Å². The molecule has 0 aliphatic heterocycles. The molecule has 0 radical (unpaired) electrons. The number of hydrogen-bond donors (Lipinski definition) is 2. The van der Waals surface area contributed by atoms with Crippen LogP contribution < -0.4 is 15.4 Å². The highest BCUT2D eigenvalue weighted by Gasteiger charge is 2.26. The molecule has 7 heteroatoms. The molecule has 0 heterocycles. The Labute approximate surface area is 128 Å². The van der Waals surface area contributed by atoms with Crippen molar-refractivity contribution >= 4 is 11.7 Å². The Hall–Kier alpha value is -1.89. The number of hydrogen-bond acceptors (Lipinski definition) is 3. The molecule has 1 aromatic carbocycles. The van der Waals surface area contributed by atoms with Crippen molar-refractivity contribution in [1.29, 1.82) is 0 Å². The number of carbonyl (C=O) groups excluding carboxylic acids is 1. The van der Waals surface area contributed by atoms with E-state index in [1.165, 1.54) is 7.11 Å². The molecule has 1 saturated carbocycles. The number of anilines is 1. The molecule has 0 spiro atoms. The van der Waals surface area contributed by atoms with Crippen LogP contribution in [0.3, 0.4) is 0 Å². The largest absolute Gasteiger partial charge is 0.491 e. The number of nitrogens with one attached hydrogen (secondary N) is 2. The molecule has 0 bridgehead atoms. The number of urea groups is 1. The minimum atomic E-state index is -0.870. The smallest absolute Gasteiger partial charge is 0.319 e. The Morgan fingerprint density at radius 1 is 1.18 bits per heavy atom. The number of benzene rings is 1. The lowest BCUT2D eigenvalue weighted by atomic mass is 9.92. The highest BCUT2D eigenvalue weighted by molar-refractivity contribution is 5.89. The number of carbonyl (C=O) groups is 1. The van der Waals surface area contributed by atoms with E-state index in [0.29, 0.717) is 0 Å². The normalized spacial score (nSPS) is 21.3. The molecule has 1 aliphatic rings. The molecule has 2 amide bonds. The van der Waals surface area contributed by atoms with Crippen molar-refractivity contribution in [1.82, 2.24) is 5.32 Å². The second-order valence-electron chi connectivity index (χ2n) is 5.24. The summed E-state index contributed by atoms with van der Waals surface area (Å²) in [6.45, 7) is 0. The molecule has 0 aromatic heterocycles. The molecule has 1 aliphatic carbocycles. The van der Waals surface area contributed by atoms with Gasteiger partial charge in [-0.2, -0.15) is 0 Å². The van der Waals surface area contributed by atoms with Crippen LogP contribution >= 0.6 is 0 Å². The number of methoxy groups -OCH3 is 2. The SMILES string of the molecule is COc1c(F)cc(NC(=O)N[C@@H]2CCCC[C@H]2OC)cc1F. The average Bonchev–Trinajstić information content (AvgIpc) is 2.47. The van der Waals surface area contributed by atoms with Crippen LogP contribution in [0.4, 0.5) is 19.3 Å². The molecule has 22 heavy (non-hydrogen) atoms. The van der Waals surface area contributed by atoms with Gasteiger partial charge in [-0.05, 0) is 12.8 Å². The molecule has 1 aromatic rings. The number of halogens is 2. The maximum atomic E-state index is 13.6. The van der Waals surface area contributed by atoms with Gasteiger partial charge in [0.15, 0.2) is 17.4 Å². The average molecular weight is 314 g/mol. The Bertz CT molecular complexity index is 517. The summed E-state index contributed by atoms with van der Waals surface area (Å²) in [6, 6.07) is 1.40. The van der Waals surface area contributed by atoms with Crippen LogP contribution in [0.5, 0.6) is 5.75 Å². The van der Waals surface area contributed by atoms with Crippen molar-refractivity contribution in [2.24, 2.45) is 0 Å². The highest BCUT2D eigenvalue weighted by Crippen LogP contribution is 2.25. The second-order valence-corrected chi connectivity index (χ2v) is 5.24. The van der Waals surface area contributed by atoms with Gasteiger partial charge in [-0.3, -0.25) is 0 Å². The summed E-state index contributed by atoms with van der Waals surface area (Å²) in [6.07, 6.45) is 3.73. The zero-order valence-corrected chi connectivity index (χ0v) is 12.6. The van der Waals surface area contributed by atoms with Gasteiger partial charge in [0.25, 0.3) is 0 Å². The second kappa shape index (κ2) is 7.40. The van der Waals surface area contributed by atoms with Crippen molar-refractivity contribution in [3.8, 4) is 5.75 Å². The van der Waals surface area contributed by atoms with E-state index in [-0.39, 0.29) is 17.8 Å². The van der Waals surface area contributed by atoms with Crippen LogP contribution in [0.2, 0.25) is 0 Å². The van der Waals surface area contributed by atoms with Crippen LogP contribution in [0.1, 0.15) is 25.7 Å². The van der Waals surface area contributed by atoms with Crippen LogP contribution in [0.15, 0.2) is 12.1 Å². The summed E-state index contributed by atoms with van der Waals surface area (Å²) in [7, 11) is 2.78. The van der Waals surface area contributed by atoms with Gasteiger partial charge in [-0.1, -0.05) is 12.8 Å². The zero-order valence-electron chi connectivity index (χ0n) is 12.6. The fourth-order valence-corrected chi connectivity index (χ4v) is 2.71. The van der Waals surface area contributed by atoms with Gasteiger partial charge in [0.2, 0.25) is 0 Å². The van der Waals surface area contributed by atoms with Crippen LogP contribution in [-0.2, 0) is 4.74 Å². The first-order valence-corrected chi connectivity index (χ1v) is 7.18. The van der Waals surface area contributed by atoms with E-state index >= 15 is 0 Å². The Balaban J connectivity index is 2.00. The predicted octanol–water partition coefficient (Wildman–Crippen LogP) is 3.05. The molecule has 2 rings (SSSR count). The van der Waals surface area contributed by atoms with Crippen molar-refractivity contribution in [3.63, 3.8) is 0 Å². The third kappa shape index (κ3) is 3.85. The maximum absolute atomic E-state index is 13.6. The molecule has 2 N–H and O–H groups in total. The summed E-state index contributed by atoms with van der Waals surface area (Å²) in [5, 5.41) is 5.21. The number of ether oxygens (including phenoxy) is 2. The summed E-state index contributed by atoms with van der Waals surface area (Å²) < 4.78 is 37.1. The van der Waals surface area contributed by atoms with Crippen molar-refractivity contribution < 1.29 is 23.0 Å². The number of rotatable bonds is 4. The van der Waals surface area contributed by atoms with Crippen molar-refractivity contribution in [3.05, 3.63) is 23.8 Å². The molecule has 122 valence electrons. The molecular weight excluding hydrogens is 294 g/mol. The summed E-state index contributed by atoms with van der Waals surface area (Å²) in [4.78, 5) is 12.0. The van der Waals surface area contributed by atoms with Crippen molar-refractivity contribution in [2.75, 3.05) is 19.5 Å². The molecule has 2 atom stereocenters. The van der Waals surface area contributed by atoms with Gasteiger partial charge in [0.05, 0.1) is 19.3 Å². The fourth-order valence-electron chi connectivity index (χ4n) is 2.71. The fraction of sp³-hybridized carbons (Fsp3) is 0.533. The van der Waals surface area contributed by atoms with Crippen LogP contribution in [0, 0.1) is 11.6 Å². The first-order valence-electron chi connectivity index (χ1n) is 7.18. The summed E-state index contributed by atoms with van der Waals surface area (Å²) in [5.41, 5.74) is 0.0260. The summed E-state index contributed by atoms with van der Waals surface area (Å²) >= 11 is 0. The van der Waals surface area contributed by atoms with E-state index in [1.807, 2.05) is 0 Å². The third-order valence-electron chi connectivity index (χ3n) is 3.78. The lowest BCUT2D eigenvalue weighted by Crippen LogP contribution is -2.47. The lowest BCUT2D eigenvalue weighted by molar-refractivity contribution is 0.0459. The Morgan fingerprint density at radius 3 is 2.41 bits per heavy atom. The van der Waals surface area contributed by atoms with Gasteiger partial charge >= 0.3 is 6.03 Å². The Kier molecular flexibility index (Phi) is 5.54. The lowest BCUT2D eigenvalue weighted by Gasteiger charge is -2.31. The van der Waals surface area contributed by atoms with E-state index in [9.17, 15) is 13.6 Å². The Morgan fingerprint density at radius 2 is 1.82 bits per heavy atom. The van der Waals surface area contributed by atoms with E-state index in [0.717, 1.165) is 37.8 Å². The zero-order chi connectivity index (χ0) is 16.1. The monoisotopic (exact) mass is 314 g/mol. The van der Waals surface area contributed by atoms with E-state index in [4.69, 9.17) is 4.74 Å². The first kappa shape index (κ1) is 16.5. The van der Waals surface area contributed by atoms with Crippen molar-refractivity contribution in [2.45, 2.75) is 37.8 Å².